The topological polar surface area (TPSA) is 102 Å². The van der Waals surface area contributed by atoms with Crippen LogP contribution < -0.4 is 10.6 Å². The van der Waals surface area contributed by atoms with Gasteiger partial charge in [-0.1, -0.05) is 6.92 Å². The van der Waals surface area contributed by atoms with E-state index in [1.807, 2.05) is 17.7 Å². The predicted octanol–water partition coefficient (Wildman–Crippen LogP) is 3.59. The molecule has 1 atom stereocenters. The molecule has 0 bridgehead atoms. The number of aromatic nitrogens is 4. The number of ether oxygens (including phenoxy) is 1. The van der Waals surface area contributed by atoms with E-state index in [1.54, 1.807) is 18.5 Å². The van der Waals surface area contributed by atoms with Crippen LogP contribution in [0.2, 0.25) is 0 Å². The van der Waals surface area contributed by atoms with Gasteiger partial charge in [0, 0.05) is 44.1 Å². The number of carbonyl (C=O) groups excluding carboxylic acids is 1. The first kappa shape index (κ1) is 27.8. The van der Waals surface area contributed by atoms with Gasteiger partial charge in [0.05, 0.1) is 31.0 Å². The Morgan fingerprint density at radius 2 is 2.00 bits per heavy atom. The van der Waals surface area contributed by atoms with Gasteiger partial charge in [0.2, 0.25) is 0 Å². The van der Waals surface area contributed by atoms with Crippen molar-refractivity contribution in [2.75, 3.05) is 31.2 Å². The highest BCUT2D eigenvalue weighted by atomic mass is 19.4. The van der Waals surface area contributed by atoms with Crippen molar-refractivity contribution < 1.29 is 22.7 Å². The maximum absolute atomic E-state index is 14.3. The molecule has 2 aromatic heterocycles. The van der Waals surface area contributed by atoms with Gasteiger partial charge in [-0.15, -0.1) is 10.2 Å². The summed E-state index contributed by atoms with van der Waals surface area (Å²) in [7, 11) is 1.87. The summed E-state index contributed by atoms with van der Waals surface area (Å²) in [4.78, 5) is 21.8. The average molecular weight is 570 g/mol. The minimum Gasteiger partial charge on any atom is -0.379 e. The van der Waals surface area contributed by atoms with E-state index < -0.39 is 23.1 Å². The van der Waals surface area contributed by atoms with Crippen LogP contribution >= 0.6 is 0 Å². The molecule has 5 heterocycles. The standard InChI is InChI=1S/C29H34F3N7O2/c1-18-4-3-5-38(12-18)13-19-6-22-23(24(7-19)29(30,31)32)14-39(27(22)40)25-9-20(8-21(11-33)35-25)28(15-41-16-28)10-26-36-34-17-37(26)2/h6-9,17-18H,3-5,10-16,33H2,1-2H3/t18-/m0/s1. The molecule has 0 unspecified atom stereocenters. The SMILES string of the molecule is C[C@H]1CCCN(Cc2cc3c(c(C(F)(F)F)c2)CN(c2cc(C4(Cc5nncn5C)COC4)cc(CN)n2)C3=O)C1. The molecule has 3 aliphatic rings. The molecule has 218 valence electrons. The minimum atomic E-state index is -4.59. The van der Waals surface area contributed by atoms with Gasteiger partial charge in [-0.3, -0.25) is 14.6 Å². The normalized spacial score (nSPS) is 20.8. The monoisotopic (exact) mass is 569 g/mol. The predicted molar refractivity (Wildman–Crippen MR) is 145 cm³/mol. The summed E-state index contributed by atoms with van der Waals surface area (Å²) < 4.78 is 50.4. The first-order valence-corrected chi connectivity index (χ1v) is 14.0. The van der Waals surface area contributed by atoms with E-state index in [0.29, 0.717) is 43.4 Å². The number of benzene rings is 1. The molecule has 0 spiro atoms. The van der Waals surface area contributed by atoms with Crippen molar-refractivity contribution in [3.63, 3.8) is 0 Å². The molecule has 41 heavy (non-hydrogen) atoms. The van der Waals surface area contributed by atoms with Gasteiger partial charge in [0.15, 0.2) is 0 Å². The fourth-order valence-corrected chi connectivity index (χ4v) is 6.30. The van der Waals surface area contributed by atoms with Gasteiger partial charge in [0.25, 0.3) is 5.91 Å². The molecule has 6 rings (SSSR count). The smallest absolute Gasteiger partial charge is 0.379 e. The van der Waals surface area contributed by atoms with Crippen LogP contribution in [0.1, 0.15) is 63.9 Å². The Hall–Kier alpha value is -3.35. The number of aryl methyl sites for hydroxylation is 1. The first-order valence-electron chi connectivity index (χ1n) is 14.0. The van der Waals surface area contributed by atoms with Crippen molar-refractivity contribution in [2.24, 2.45) is 18.7 Å². The number of rotatable bonds is 7. The quantitative estimate of drug-likeness (QED) is 0.464. The number of alkyl halides is 3. The summed E-state index contributed by atoms with van der Waals surface area (Å²) in [6, 6.07) is 6.51. The van der Waals surface area contributed by atoms with Crippen LogP contribution in [-0.4, -0.2) is 56.9 Å². The van der Waals surface area contributed by atoms with Crippen LogP contribution in [0.25, 0.3) is 0 Å². The fourth-order valence-electron chi connectivity index (χ4n) is 6.30. The number of fused-ring (bicyclic) bond motifs is 1. The van der Waals surface area contributed by atoms with Gasteiger partial charge in [-0.25, -0.2) is 4.98 Å². The molecule has 9 nitrogen and oxygen atoms in total. The number of piperidine rings is 1. The van der Waals surface area contributed by atoms with Crippen LogP contribution in [-0.2, 0) is 49.4 Å². The molecule has 2 saturated heterocycles. The van der Waals surface area contributed by atoms with E-state index >= 15 is 0 Å². The Kier molecular flexibility index (Phi) is 7.11. The summed E-state index contributed by atoms with van der Waals surface area (Å²) in [5, 5.41) is 8.19. The highest BCUT2D eigenvalue weighted by molar-refractivity contribution is 6.10. The zero-order chi connectivity index (χ0) is 28.9. The van der Waals surface area contributed by atoms with Crippen LogP contribution in [0, 0.1) is 5.92 Å². The van der Waals surface area contributed by atoms with Gasteiger partial charge in [-0.05, 0) is 66.3 Å². The third-order valence-electron chi connectivity index (χ3n) is 8.58. The Labute approximate surface area is 236 Å². The number of hydrogen-bond donors (Lipinski definition) is 1. The highest BCUT2D eigenvalue weighted by Crippen LogP contribution is 2.41. The van der Waals surface area contributed by atoms with Crippen LogP contribution in [0.3, 0.4) is 0 Å². The number of amides is 1. The summed E-state index contributed by atoms with van der Waals surface area (Å²) in [6.07, 6.45) is -0.288. The van der Waals surface area contributed by atoms with Gasteiger partial charge in [0.1, 0.15) is 18.0 Å². The van der Waals surface area contributed by atoms with E-state index in [2.05, 4.69) is 27.0 Å². The molecule has 12 heteroatoms. The number of nitrogens with zero attached hydrogens (tertiary/aromatic N) is 6. The maximum Gasteiger partial charge on any atom is 0.416 e. The Morgan fingerprint density at radius 1 is 1.20 bits per heavy atom. The number of pyridine rings is 1. The fraction of sp³-hybridized carbons (Fsp3) is 0.517. The molecule has 0 saturated carbocycles. The summed E-state index contributed by atoms with van der Waals surface area (Å²) in [6.45, 7) is 4.96. The zero-order valence-corrected chi connectivity index (χ0v) is 23.2. The van der Waals surface area contributed by atoms with E-state index in [-0.39, 0.29) is 30.0 Å². The second-order valence-corrected chi connectivity index (χ2v) is 11.8. The molecule has 2 fully saturated rings. The Morgan fingerprint density at radius 3 is 2.63 bits per heavy atom. The van der Waals surface area contributed by atoms with E-state index in [1.165, 1.54) is 11.0 Å². The van der Waals surface area contributed by atoms with Crippen molar-refractivity contribution in [3.05, 3.63) is 69.9 Å². The number of halogens is 3. The van der Waals surface area contributed by atoms with Crippen molar-refractivity contribution in [2.45, 2.75) is 57.4 Å². The average Bonchev–Trinajstić information content (AvgIpc) is 3.47. The van der Waals surface area contributed by atoms with Crippen molar-refractivity contribution in [1.29, 1.82) is 0 Å². The third kappa shape index (κ3) is 5.24. The van der Waals surface area contributed by atoms with Gasteiger partial charge < -0.3 is 15.0 Å². The van der Waals surface area contributed by atoms with E-state index in [4.69, 9.17) is 10.5 Å². The summed E-state index contributed by atoms with van der Waals surface area (Å²) in [5.41, 5.74) is 6.77. The van der Waals surface area contributed by atoms with Crippen molar-refractivity contribution in [3.8, 4) is 0 Å². The molecule has 0 aliphatic carbocycles. The molecule has 1 aromatic carbocycles. The number of likely N-dealkylation sites (tertiary alicyclic amines) is 1. The zero-order valence-electron chi connectivity index (χ0n) is 23.2. The second-order valence-electron chi connectivity index (χ2n) is 11.8. The van der Waals surface area contributed by atoms with Gasteiger partial charge >= 0.3 is 6.18 Å². The maximum atomic E-state index is 14.3. The van der Waals surface area contributed by atoms with E-state index in [0.717, 1.165) is 37.3 Å². The molecule has 3 aliphatic heterocycles. The lowest BCUT2D eigenvalue weighted by molar-refractivity contribution is -0.138. The Bertz CT molecular complexity index is 1470. The Balaban J connectivity index is 1.35. The van der Waals surface area contributed by atoms with Crippen LogP contribution in [0.5, 0.6) is 0 Å². The molecule has 1 amide bonds. The molecule has 2 N–H and O–H groups in total. The molecule has 3 aromatic rings. The number of anilines is 1. The highest BCUT2D eigenvalue weighted by Gasteiger charge is 2.44. The van der Waals surface area contributed by atoms with Crippen LogP contribution in [0.4, 0.5) is 19.0 Å². The van der Waals surface area contributed by atoms with E-state index in [9.17, 15) is 18.0 Å². The summed E-state index contributed by atoms with van der Waals surface area (Å²) in [5.74, 6) is 1.06. The molecular formula is C29H34F3N7O2. The third-order valence-corrected chi connectivity index (χ3v) is 8.58. The van der Waals surface area contributed by atoms with Crippen molar-refractivity contribution >= 4 is 11.7 Å². The lowest BCUT2D eigenvalue weighted by Crippen LogP contribution is -2.49. The largest absolute Gasteiger partial charge is 0.416 e. The molecular weight excluding hydrogens is 535 g/mol. The minimum absolute atomic E-state index is 0.0134. The number of hydrogen-bond acceptors (Lipinski definition) is 7. The number of carbonyl (C=O) groups is 1. The first-order chi connectivity index (χ1) is 19.6. The lowest BCUT2D eigenvalue weighted by atomic mass is 9.75. The van der Waals surface area contributed by atoms with Crippen LogP contribution in [0.15, 0.2) is 30.6 Å². The molecule has 0 radical (unpaired) electrons. The van der Waals surface area contributed by atoms with Crippen molar-refractivity contribution in [1.82, 2.24) is 24.6 Å². The lowest BCUT2D eigenvalue weighted by Gasteiger charge is -2.42. The number of nitrogens with two attached hydrogens (primary N) is 1. The second kappa shape index (κ2) is 10.5. The van der Waals surface area contributed by atoms with Gasteiger partial charge in [-0.2, -0.15) is 13.2 Å². The summed E-state index contributed by atoms with van der Waals surface area (Å²) >= 11 is 0.